The molecule has 0 radical (unpaired) electrons. The fraction of sp³-hybridized carbons (Fsp3) is 0.355. The van der Waals surface area contributed by atoms with E-state index in [1.54, 1.807) is 18.5 Å². The Kier molecular flexibility index (Phi) is 9.19. The molecule has 0 amide bonds. The number of nitrogen functional groups attached to an aromatic ring is 1. The van der Waals surface area contributed by atoms with Crippen LogP contribution in [0.3, 0.4) is 0 Å². The smallest absolute Gasteiger partial charge is 0.238 e. The highest BCUT2D eigenvalue weighted by Gasteiger charge is 2.29. The lowest BCUT2D eigenvalue weighted by Gasteiger charge is -2.34. The van der Waals surface area contributed by atoms with Crippen molar-refractivity contribution in [2.24, 2.45) is 10.9 Å². The first-order valence-corrected chi connectivity index (χ1v) is 15.1. The number of dihydropyridines is 1. The molecule has 3 aliphatic heterocycles. The van der Waals surface area contributed by atoms with Crippen LogP contribution in [-0.2, 0) is 4.79 Å². The van der Waals surface area contributed by atoms with Crippen molar-refractivity contribution in [1.29, 1.82) is 0 Å². The number of aliphatic imine (C=N–C) groups is 1. The molecule has 0 saturated carbocycles. The van der Waals surface area contributed by atoms with E-state index in [1.165, 1.54) is 11.8 Å². The minimum atomic E-state index is 0.0514. The molecule has 0 bridgehead atoms. The average Bonchev–Trinajstić information content (AvgIpc) is 3.00. The number of benzene rings is 1. The maximum Gasteiger partial charge on any atom is 0.238 e. The molecule has 4 heterocycles. The summed E-state index contributed by atoms with van der Waals surface area (Å²) in [6.07, 6.45) is 15.4. The highest BCUT2D eigenvalue weighted by atomic mass is 35.5. The van der Waals surface area contributed by atoms with Crippen LogP contribution in [0.25, 0.3) is 5.57 Å². The van der Waals surface area contributed by atoms with Gasteiger partial charge in [0.25, 0.3) is 0 Å². The number of anilines is 1. The third kappa shape index (κ3) is 6.57. The van der Waals surface area contributed by atoms with Crippen LogP contribution in [0.15, 0.2) is 71.8 Å². The van der Waals surface area contributed by atoms with Gasteiger partial charge in [0.05, 0.1) is 17.3 Å². The Bertz CT molecular complexity index is 1390. The zero-order valence-electron chi connectivity index (χ0n) is 22.8. The molecule has 2 aromatic rings. The van der Waals surface area contributed by atoms with Gasteiger partial charge in [-0.2, -0.15) is 0 Å². The first-order valence-electron chi connectivity index (χ1n) is 13.8. The number of hydrogen-bond donors (Lipinski definition) is 3. The zero-order valence-corrected chi connectivity index (χ0v) is 24.3. The molecular weight excluding hydrogens is 540 g/mol. The standard InChI is InChI=1S/C31H35ClN6OS/c1-20-26(32)9-8-24(28(20)33)29(34)31-37-30(25(19-40-31)22-5-4-13-35-17-22)27(39)10-7-21-11-15-38(16-12-21)18-23-6-2-3-14-36-23/h2-6,8-9,13-14,17,21,23,34,36H,7,10-12,15-16,18-19,33H2,1H3/p+1. The summed E-state index contributed by atoms with van der Waals surface area (Å²) in [5.41, 5.74) is 11.1. The number of halogens is 1. The molecule has 1 atom stereocenters. The largest absolute Gasteiger partial charge is 0.398 e. The third-order valence-electron chi connectivity index (χ3n) is 7.90. The van der Waals surface area contributed by atoms with Gasteiger partial charge in [0.2, 0.25) is 5.71 Å². The van der Waals surface area contributed by atoms with Crippen LogP contribution in [0.1, 0.15) is 42.4 Å². The molecule has 1 aromatic heterocycles. The van der Waals surface area contributed by atoms with E-state index in [0.29, 0.717) is 56.9 Å². The number of nitrogens with one attached hydrogen (secondary N) is 1. The molecule has 9 heteroatoms. The van der Waals surface area contributed by atoms with Gasteiger partial charge in [0.15, 0.2) is 10.8 Å². The lowest BCUT2D eigenvalue weighted by atomic mass is 9.90. The van der Waals surface area contributed by atoms with Gasteiger partial charge in [0.1, 0.15) is 5.70 Å². The summed E-state index contributed by atoms with van der Waals surface area (Å²) in [6, 6.07) is 7.83. The second kappa shape index (κ2) is 13.0. The number of thioether (sulfide) groups is 1. The average molecular weight is 576 g/mol. The number of ketones is 1. The van der Waals surface area contributed by atoms with Crippen molar-refractivity contribution in [3.8, 4) is 0 Å². The Hall–Kier alpha value is -3.20. The number of aromatic nitrogens is 1. The number of hydrogen-bond acceptors (Lipinski definition) is 7. The van der Waals surface area contributed by atoms with Gasteiger partial charge in [0, 0.05) is 41.7 Å². The molecule has 0 spiro atoms. The SMILES string of the molecule is Cc1c(Cl)ccc(C(=[NH2+])C2=NC(C(=O)CCC3CCN(CC4C=CC=CN4)CC3)=C(c3cccnc3)CS2)c1N. The van der Waals surface area contributed by atoms with Crippen molar-refractivity contribution >= 4 is 51.2 Å². The van der Waals surface area contributed by atoms with Crippen molar-refractivity contribution < 1.29 is 10.2 Å². The number of nitrogens with zero attached hydrogens (tertiary/aromatic N) is 3. The molecule has 40 heavy (non-hydrogen) atoms. The van der Waals surface area contributed by atoms with Crippen LogP contribution >= 0.6 is 23.4 Å². The van der Waals surface area contributed by atoms with Crippen molar-refractivity contribution in [3.05, 3.63) is 88.5 Å². The molecule has 1 aromatic carbocycles. The maximum atomic E-state index is 13.7. The predicted molar refractivity (Wildman–Crippen MR) is 166 cm³/mol. The summed E-state index contributed by atoms with van der Waals surface area (Å²) < 4.78 is 0. The first-order chi connectivity index (χ1) is 19.4. The van der Waals surface area contributed by atoms with Crippen LogP contribution < -0.4 is 16.5 Å². The molecule has 208 valence electrons. The van der Waals surface area contributed by atoms with Crippen LogP contribution in [0.4, 0.5) is 5.69 Å². The Morgan fingerprint density at radius 2 is 2.08 bits per heavy atom. The topological polar surface area (TPSA) is 109 Å². The minimum absolute atomic E-state index is 0.0514. The van der Waals surface area contributed by atoms with Gasteiger partial charge < -0.3 is 16.0 Å². The number of pyridine rings is 1. The van der Waals surface area contributed by atoms with E-state index in [4.69, 9.17) is 27.7 Å². The van der Waals surface area contributed by atoms with Gasteiger partial charge in [-0.15, -0.1) is 0 Å². The van der Waals surface area contributed by atoms with Crippen molar-refractivity contribution in [3.63, 3.8) is 0 Å². The van der Waals surface area contributed by atoms with Gasteiger partial charge in [-0.25, -0.2) is 4.99 Å². The summed E-state index contributed by atoms with van der Waals surface area (Å²) in [4.78, 5) is 25.3. The summed E-state index contributed by atoms with van der Waals surface area (Å²) in [5.74, 6) is 1.17. The van der Waals surface area contributed by atoms with Crippen LogP contribution in [0.5, 0.6) is 0 Å². The van der Waals surface area contributed by atoms with Crippen molar-refractivity contribution in [2.75, 3.05) is 31.1 Å². The summed E-state index contributed by atoms with van der Waals surface area (Å²) in [6.45, 7) is 5.00. The molecule has 5 N–H and O–H groups in total. The lowest BCUT2D eigenvalue weighted by molar-refractivity contribution is -0.115. The molecule has 3 aliphatic rings. The first kappa shape index (κ1) is 28.3. The molecule has 7 nitrogen and oxygen atoms in total. The zero-order chi connectivity index (χ0) is 28.1. The Morgan fingerprint density at radius 3 is 2.80 bits per heavy atom. The Labute approximate surface area is 245 Å². The highest BCUT2D eigenvalue weighted by molar-refractivity contribution is 8.16. The summed E-state index contributed by atoms with van der Waals surface area (Å²) in [5, 5.41) is 11.2. The van der Waals surface area contributed by atoms with Crippen molar-refractivity contribution in [1.82, 2.24) is 15.2 Å². The van der Waals surface area contributed by atoms with Crippen molar-refractivity contribution in [2.45, 2.75) is 38.6 Å². The summed E-state index contributed by atoms with van der Waals surface area (Å²) >= 11 is 7.76. The van der Waals surface area contributed by atoms with E-state index in [1.807, 2.05) is 37.4 Å². The normalized spacial score (nSPS) is 19.9. The highest BCUT2D eigenvalue weighted by Crippen LogP contribution is 2.34. The van der Waals surface area contributed by atoms with E-state index in [2.05, 4.69) is 27.4 Å². The number of Topliss-reactive ketones (excluding diaryl/α,β-unsaturated/α-hetero) is 1. The Morgan fingerprint density at radius 1 is 1.25 bits per heavy atom. The van der Waals surface area contributed by atoms with Gasteiger partial charge in [-0.05, 0) is 86.8 Å². The quantitative estimate of drug-likeness (QED) is 0.310. The number of carbonyl (C=O) groups excluding carboxylic acids is 1. The fourth-order valence-electron chi connectivity index (χ4n) is 5.38. The molecule has 1 saturated heterocycles. The Balaban J connectivity index is 1.28. The number of nitrogens with two attached hydrogens (primary N) is 2. The van der Waals surface area contributed by atoms with Crippen LogP contribution in [0.2, 0.25) is 5.02 Å². The number of likely N-dealkylation sites (tertiary alicyclic amines) is 1. The number of rotatable bonds is 9. The van der Waals surface area contributed by atoms with Crippen LogP contribution in [-0.4, -0.2) is 57.9 Å². The van der Waals surface area contributed by atoms with E-state index in [9.17, 15) is 4.79 Å². The molecule has 5 rings (SSSR count). The number of piperidine rings is 1. The second-order valence-corrected chi connectivity index (χ2v) is 11.9. The number of allylic oxidation sites excluding steroid dienone is 3. The van der Waals surface area contributed by atoms with Gasteiger partial charge >= 0.3 is 0 Å². The second-order valence-electron chi connectivity index (χ2n) is 10.5. The molecular formula is C31H36ClN6OS+. The lowest BCUT2D eigenvalue weighted by Crippen LogP contribution is -2.45. The van der Waals surface area contributed by atoms with E-state index < -0.39 is 0 Å². The van der Waals surface area contributed by atoms with Gasteiger partial charge in [-0.3, -0.25) is 15.2 Å². The predicted octanol–water partition coefficient (Wildman–Crippen LogP) is 3.83. The number of carbonyl (C=O) groups is 1. The third-order valence-corrected chi connectivity index (χ3v) is 9.33. The van der Waals surface area contributed by atoms with Crippen LogP contribution in [0, 0.1) is 12.8 Å². The van der Waals surface area contributed by atoms with E-state index in [0.717, 1.165) is 55.6 Å². The molecule has 0 aliphatic carbocycles. The van der Waals surface area contributed by atoms with Gasteiger partial charge in [-0.1, -0.05) is 41.6 Å². The summed E-state index contributed by atoms with van der Waals surface area (Å²) in [7, 11) is 0. The van der Waals surface area contributed by atoms with E-state index >= 15 is 0 Å². The molecule has 1 unspecified atom stereocenters. The fourth-order valence-corrected chi connectivity index (χ4v) is 6.55. The maximum absolute atomic E-state index is 13.7. The molecule has 1 fully saturated rings. The minimum Gasteiger partial charge on any atom is -0.398 e. The monoisotopic (exact) mass is 575 g/mol. The van der Waals surface area contributed by atoms with E-state index in [-0.39, 0.29) is 5.78 Å².